The van der Waals surface area contributed by atoms with E-state index in [2.05, 4.69) is 22.5 Å². The second-order valence-corrected chi connectivity index (χ2v) is 8.44. The maximum atomic E-state index is 13.1. The number of amides is 1. The molecule has 0 spiro atoms. The van der Waals surface area contributed by atoms with E-state index in [0.29, 0.717) is 22.6 Å². The summed E-state index contributed by atoms with van der Waals surface area (Å²) in [5.74, 6) is 1.16. The number of likely N-dealkylation sites (tertiary alicyclic amines) is 1. The van der Waals surface area contributed by atoms with E-state index in [1.807, 2.05) is 18.2 Å². The van der Waals surface area contributed by atoms with Crippen LogP contribution in [-0.2, 0) is 4.79 Å². The van der Waals surface area contributed by atoms with Crippen LogP contribution < -0.4 is 20.1 Å². The Bertz CT molecular complexity index is 1120. The van der Waals surface area contributed by atoms with E-state index in [4.69, 9.17) is 9.47 Å². The molecule has 7 heteroatoms. The molecule has 0 bridgehead atoms. The van der Waals surface area contributed by atoms with Gasteiger partial charge in [0.15, 0.2) is 17.3 Å². The second kappa shape index (κ2) is 8.31. The monoisotopic (exact) mass is 433 g/mol. The van der Waals surface area contributed by atoms with Gasteiger partial charge in [0.2, 0.25) is 6.79 Å². The molecule has 3 heterocycles. The van der Waals surface area contributed by atoms with Gasteiger partial charge in [0.05, 0.1) is 11.3 Å². The summed E-state index contributed by atoms with van der Waals surface area (Å²) >= 11 is 0. The van der Waals surface area contributed by atoms with Crippen LogP contribution in [0.25, 0.3) is 11.3 Å². The summed E-state index contributed by atoms with van der Waals surface area (Å²) in [6.07, 6.45) is 1.99. The first-order valence-corrected chi connectivity index (χ1v) is 11.1. The van der Waals surface area contributed by atoms with Gasteiger partial charge in [-0.25, -0.2) is 0 Å². The van der Waals surface area contributed by atoms with E-state index in [1.54, 1.807) is 18.2 Å². The van der Waals surface area contributed by atoms with Gasteiger partial charge >= 0.3 is 0 Å². The minimum Gasteiger partial charge on any atom is -0.454 e. The average molecular weight is 434 g/mol. The third-order valence-corrected chi connectivity index (χ3v) is 6.47. The number of carbonyl (C=O) groups is 2. The number of nitrogens with one attached hydrogen (secondary N) is 2. The molecular formula is C25H27N3O4. The topological polar surface area (TPSA) is 79.9 Å². The fourth-order valence-corrected chi connectivity index (χ4v) is 4.58. The van der Waals surface area contributed by atoms with Crippen LogP contribution in [-0.4, -0.2) is 49.1 Å². The summed E-state index contributed by atoms with van der Waals surface area (Å²) in [5.41, 5.74) is 4.22. The van der Waals surface area contributed by atoms with Gasteiger partial charge in [-0.1, -0.05) is 6.92 Å². The minimum absolute atomic E-state index is 0.0315. The van der Waals surface area contributed by atoms with Crippen molar-refractivity contribution in [2.75, 3.05) is 31.7 Å². The fraction of sp³-hybridized carbons (Fsp3) is 0.360. The van der Waals surface area contributed by atoms with Crippen molar-refractivity contribution >= 4 is 28.6 Å². The number of ketones is 1. The third-order valence-electron chi connectivity index (χ3n) is 6.47. The Morgan fingerprint density at radius 2 is 1.84 bits per heavy atom. The van der Waals surface area contributed by atoms with Gasteiger partial charge in [-0.3, -0.25) is 9.59 Å². The third kappa shape index (κ3) is 3.73. The number of hydrogen-bond donors (Lipinski definition) is 2. The summed E-state index contributed by atoms with van der Waals surface area (Å²) in [6, 6.07) is 11.3. The second-order valence-electron chi connectivity index (χ2n) is 8.44. The Hall–Kier alpha value is -3.32. The van der Waals surface area contributed by atoms with Crippen LogP contribution in [0.5, 0.6) is 11.5 Å². The highest BCUT2D eigenvalue weighted by molar-refractivity contribution is 6.36. The molecule has 1 saturated heterocycles. The van der Waals surface area contributed by atoms with E-state index >= 15 is 0 Å². The Morgan fingerprint density at radius 3 is 2.59 bits per heavy atom. The molecular weight excluding hydrogens is 406 g/mol. The Kier molecular flexibility index (Phi) is 5.35. The van der Waals surface area contributed by atoms with Gasteiger partial charge < -0.3 is 25.0 Å². The van der Waals surface area contributed by atoms with Crippen LogP contribution in [0.4, 0.5) is 5.69 Å². The highest BCUT2D eigenvalue weighted by atomic mass is 16.7. The van der Waals surface area contributed by atoms with Gasteiger partial charge in [-0.2, -0.15) is 0 Å². The Balaban J connectivity index is 1.60. The van der Waals surface area contributed by atoms with Crippen LogP contribution in [0.1, 0.15) is 48.2 Å². The summed E-state index contributed by atoms with van der Waals surface area (Å²) < 4.78 is 11.1. The predicted molar refractivity (Wildman–Crippen MR) is 123 cm³/mol. The molecule has 0 aliphatic carbocycles. The van der Waals surface area contributed by atoms with E-state index in [0.717, 1.165) is 55.0 Å². The lowest BCUT2D eigenvalue weighted by Crippen LogP contribution is -2.42. The first-order chi connectivity index (χ1) is 15.5. The summed E-state index contributed by atoms with van der Waals surface area (Å²) in [6.45, 7) is 7.00. The molecule has 1 amide bonds. The molecule has 0 aromatic heterocycles. The smallest absolute Gasteiger partial charge is 0.258 e. The molecule has 2 aromatic rings. The van der Waals surface area contributed by atoms with Crippen LogP contribution in [0.3, 0.4) is 0 Å². The molecule has 2 aromatic carbocycles. The maximum absolute atomic E-state index is 13.1. The van der Waals surface area contributed by atoms with Crippen molar-refractivity contribution in [2.24, 2.45) is 0 Å². The lowest BCUT2D eigenvalue weighted by molar-refractivity contribution is -0.110. The summed E-state index contributed by atoms with van der Waals surface area (Å²) in [5, 5.41) is 6.64. The number of ether oxygens (including phenoxy) is 2. The molecule has 0 atom stereocenters. The number of nitrogens with zero attached hydrogens (tertiary/aromatic N) is 1. The van der Waals surface area contributed by atoms with E-state index < -0.39 is 0 Å². The number of rotatable bonds is 5. The highest BCUT2D eigenvalue weighted by Crippen LogP contribution is 2.40. The van der Waals surface area contributed by atoms with Crippen LogP contribution in [0.15, 0.2) is 36.4 Å². The number of piperidine rings is 1. The minimum atomic E-state index is -0.174. The van der Waals surface area contributed by atoms with Crippen molar-refractivity contribution in [3.8, 4) is 11.5 Å². The van der Waals surface area contributed by atoms with E-state index in [1.165, 1.54) is 6.92 Å². The molecule has 32 heavy (non-hydrogen) atoms. The first-order valence-electron chi connectivity index (χ1n) is 11.1. The van der Waals surface area contributed by atoms with Gasteiger partial charge in [0.1, 0.15) is 0 Å². The van der Waals surface area contributed by atoms with Crippen molar-refractivity contribution in [3.05, 3.63) is 53.1 Å². The number of carbonyl (C=O) groups excluding carboxylic acids is 2. The van der Waals surface area contributed by atoms with Crippen molar-refractivity contribution < 1.29 is 19.1 Å². The number of hydrogen-bond acceptors (Lipinski definition) is 6. The SMILES string of the molecule is CCN1CCC(NC(=C2C(=O)Nc3ccc(C(C)=O)cc32)c2ccc3c(c2)OCO3)CC1. The molecule has 0 saturated carbocycles. The standard InChI is InChI=1S/C25H27N3O4/c1-3-28-10-8-18(9-11-28)26-24(17-5-7-21-22(13-17)32-14-31-21)23-19-12-16(15(2)29)4-6-20(19)27-25(23)30/h4-7,12-13,18,26H,3,8-11,14H2,1-2H3,(H,27,30). The van der Waals surface area contributed by atoms with Gasteiger partial charge in [0, 0.05) is 41.5 Å². The number of anilines is 1. The maximum Gasteiger partial charge on any atom is 0.258 e. The highest BCUT2D eigenvalue weighted by Gasteiger charge is 2.31. The van der Waals surface area contributed by atoms with Crippen LogP contribution >= 0.6 is 0 Å². The molecule has 2 N–H and O–H groups in total. The molecule has 1 fully saturated rings. The molecule has 7 nitrogen and oxygen atoms in total. The van der Waals surface area contributed by atoms with Crippen molar-refractivity contribution in [3.63, 3.8) is 0 Å². The van der Waals surface area contributed by atoms with Crippen molar-refractivity contribution in [1.29, 1.82) is 0 Å². The molecule has 0 unspecified atom stereocenters. The average Bonchev–Trinajstić information content (AvgIpc) is 3.40. The molecule has 3 aliphatic heterocycles. The zero-order chi connectivity index (χ0) is 22.2. The fourth-order valence-electron chi connectivity index (χ4n) is 4.58. The number of Topliss-reactive ketones (excluding diaryl/α,β-unsaturated/α-hetero) is 1. The summed E-state index contributed by atoms with van der Waals surface area (Å²) in [4.78, 5) is 27.6. The van der Waals surface area contributed by atoms with Crippen molar-refractivity contribution in [2.45, 2.75) is 32.7 Å². The number of fused-ring (bicyclic) bond motifs is 2. The molecule has 0 radical (unpaired) electrons. The molecule has 5 rings (SSSR count). The van der Waals surface area contributed by atoms with Gasteiger partial charge in [0.25, 0.3) is 5.91 Å². The van der Waals surface area contributed by atoms with Crippen LogP contribution in [0, 0.1) is 0 Å². The van der Waals surface area contributed by atoms with Gasteiger partial charge in [-0.15, -0.1) is 0 Å². The van der Waals surface area contributed by atoms with E-state index in [9.17, 15) is 9.59 Å². The zero-order valence-corrected chi connectivity index (χ0v) is 18.4. The Morgan fingerprint density at radius 1 is 1.09 bits per heavy atom. The molecule has 166 valence electrons. The summed E-state index contributed by atoms with van der Waals surface area (Å²) in [7, 11) is 0. The lowest BCUT2D eigenvalue weighted by atomic mass is 9.96. The van der Waals surface area contributed by atoms with Crippen molar-refractivity contribution in [1.82, 2.24) is 10.2 Å². The largest absolute Gasteiger partial charge is 0.454 e. The Labute approximate surface area is 187 Å². The predicted octanol–water partition coefficient (Wildman–Crippen LogP) is 3.51. The number of benzene rings is 2. The zero-order valence-electron chi connectivity index (χ0n) is 18.4. The van der Waals surface area contributed by atoms with Gasteiger partial charge in [-0.05, 0) is 62.7 Å². The van der Waals surface area contributed by atoms with E-state index in [-0.39, 0.29) is 24.5 Å². The lowest BCUT2D eigenvalue weighted by Gasteiger charge is -2.33. The molecule has 3 aliphatic rings. The van der Waals surface area contributed by atoms with Crippen LogP contribution in [0.2, 0.25) is 0 Å². The first kappa shape index (κ1) is 20.6. The normalized spacial score (nSPS) is 19.5. The quantitative estimate of drug-likeness (QED) is 0.555.